The molecule has 0 saturated carbocycles. The molecular formula is C9H17N3. The highest BCUT2D eigenvalue weighted by Crippen LogP contribution is 2.08. The Balaban J connectivity index is 2.62. The molecule has 0 aliphatic carbocycles. The minimum atomic E-state index is -0.0000463. The molecule has 0 bridgehead atoms. The minimum absolute atomic E-state index is 0.0000463. The van der Waals surface area contributed by atoms with Crippen molar-refractivity contribution in [1.29, 1.82) is 0 Å². The van der Waals surface area contributed by atoms with Crippen LogP contribution in [0.2, 0.25) is 0 Å². The Kier molecular flexibility index (Phi) is 3.29. The van der Waals surface area contributed by atoms with Gasteiger partial charge in [-0.25, -0.2) is 0 Å². The van der Waals surface area contributed by atoms with Crippen LogP contribution in [0, 0.1) is 0 Å². The lowest BCUT2D eigenvalue weighted by molar-refractivity contribution is 0.350. The molecular weight excluding hydrogens is 150 g/mol. The summed E-state index contributed by atoms with van der Waals surface area (Å²) >= 11 is 0. The molecule has 0 aromatic heterocycles. The van der Waals surface area contributed by atoms with Crippen LogP contribution in [0.25, 0.3) is 0 Å². The van der Waals surface area contributed by atoms with Gasteiger partial charge in [0.05, 0.1) is 5.71 Å². The lowest BCUT2D eigenvalue weighted by Crippen LogP contribution is -2.46. The molecule has 3 heteroatoms. The van der Waals surface area contributed by atoms with E-state index in [-0.39, 0.29) is 6.17 Å². The molecule has 0 aromatic carbocycles. The first-order chi connectivity index (χ1) is 5.79. The van der Waals surface area contributed by atoms with Gasteiger partial charge in [0, 0.05) is 18.9 Å². The Morgan fingerprint density at radius 2 is 2.33 bits per heavy atom. The fraction of sp³-hybridized carbons (Fsp3) is 0.667. The molecule has 1 unspecified atom stereocenters. The van der Waals surface area contributed by atoms with E-state index in [4.69, 9.17) is 5.73 Å². The Labute approximate surface area is 74.0 Å². The molecule has 1 rings (SSSR count). The summed E-state index contributed by atoms with van der Waals surface area (Å²) in [5, 5.41) is 0. The highest BCUT2D eigenvalue weighted by molar-refractivity contribution is 5.90. The molecule has 1 atom stereocenters. The Hall–Kier alpha value is -0.830. The molecule has 1 aliphatic heterocycles. The van der Waals surface area contributed by atoms with Crippen LogP contribution in [0.3, 0.4) is 0 Å². The Morgan fingerprint density at radius 1 is 1.58 bits per heavy atom. The number of nitrogens with two attached hydrogens (primary N) is 1. The second-order valence-electron chi connectivity index (χ2n) is 2.94. The molecule has 1 heterocycles. The van der Waals surface area contributed by atoms with E-state index in [1.165, 1.54) is 0 Å². The maximum atomic E-state index is 5.96. The minimum Gasteiger partial charge on any atom is -0.356 e. The topological polar surface area (TPSA) is 41.6 Å². The zero-order valence-electron chi connectivity index (χ0n) is 7.83. The van der Waals surface area contributed by atoms with Gasteiger partial charge in [0.2, 0.25) is 0 Å². The quantitative estimate of drug-likeness (QED) is 0.688. The summed E-state index contributed by atoms with van der Waals surface area (Å²) in [7, 11) is 0. The number of aliphatic imine (C=N–C) groups is 1. The van der Waals surface area contributed by atoms with E-state index in [2.05, 4.69) is 23.7 Å². The monoisotopic (exact) mass is 167 g/mol. The third kappa shape index (κ3) is 1.85. The van der Waals surface area contributed by atoms with Crippen molar-refractivity contribution < 1.29 is 0 Å². The maximum absolute atomic E-state index is 5.96. The van der Waals surface area contributed by atoms with Crippen molar-refractivity contribution in [3.8, 4) is 0 Å². The van der Waals surface area contributed by atoms with Crippen molar-refractivity contribution in [2.45, 2.75) is 32.9 Å². The van der Waals surface area contributed by atoms with E-state index < -0.39 is 0 Å². The first-order valence-electron chi connectivity index (χ1n) is 4.54. The van der Waals surface area contributed by atoms with Crippen molar-refractivity contribution >= 4 is 5.71 Å². The summed E-state index contributed by atoms with van der Waals surface area (Å²) < 4.78 is 0. The second kappa shape index (κ2) is 4.26. The summed E-state index contributed by atoms with van der Waals surface area (Å²) in [6.45, 7) is 5.18. The molecule has 0 fully saturated rings. The lowest BCUT2D eigenvalue weighted by atomic mass is 10.1. The molecule has 12 heavy (non-hydrogen) atoms. The average molecular weight is 167 g/mol. The largest absolute Gasteiger partial charge is 0.356 e. The first-order valence-corrected chi connectivity index (χ1v) is 4.54. The molecule has 1 aliphatic rings. The van der Waals surface area contributed by atoms with Gasteiger partial charge in [-0.15, -0.1) is 0 Å². The average Bonchev–Trinajstić information content (AvgIpc) is 2.09. The van der Waals surface area contributed by atoms with Crippen molar-refractivity contribution in [2.75, 3.05) is 6.54 Å². The SMILES string of the molecule is CCCC1=NC=CN(CC)C1N. The summed E-state index contributed by atoms with van der Waals surface area (Å²) in [6.07, 6.45) is 5.89. The van der Waals surface area contributed by atoms with Crippen molar-refractivity contribution in [2.24, 2.45) is 10.7 Å². The van der Waals surface area contributed by atoms with E-state index in [0.29, 0.717) is 0 Å². The van der Waals surface area contributed by atoms with Gasteiger partial charge < -0.3 is 10.6 Å². The molecule has 0 saturated heterocycles. The highest BCUT2D eigenvalue weighted by Gasteiger charge is 2.16. The standard InChI is InChI=1S/C9H17N3/c1-3-5-8-9(10)12(4-2)7-6-11-8/h6-7,9H,3-5,10H2,1-2H3. The number of hydrogen-bond donors (Lipinski definition) is 1. The third-order valence-corrected chi connectivity index (χ3v) is 2.07. The van der Waals surface area contributed by atoms with Gasteiger partial charge in [-0.05, 0) is 13.3 Å². The highest BCUT2D eigenvalue weighted by atomic mass is 15.2. The summed E-state index contributed by atoms with van der Waals surface area (Å²) in [6, 6.07) is 0. The molecule has 68 valence electrons. The van der Waals surface area contributed by atoms with Gasteiger partial charge in [-0.1, -0.05) is 13.3 Å². The maximum Gasteiger partial charge on any atom is 0.116 e. The molecule has 3 nitrogen and oxygen atoms in total. The van der Waals surface area contributed by atoms with Gasteiger partial charge in [0.25, 0.3) is 0 Å². The van der Waals surface area contributed by atoms with Crippen LogP contribution in [0.1, 0.15) is 26.7 Å². The zero-order valence-corrected chi connectivity index (χ0v) is 7.83. The Morgan fingerprint density at radius 3 is 2.92 bits per heavy atom. The van der Waals surface area contributed by atoms with Crippen LogP contribution < -0.4 is 5.73 Å². The second-order valence-corrected chi connectivity index (χ2v) is 2.94. The van der Waals surface area contributed by atoms with Crippen molar-refractivity contribution in [3.63, 3.8) is 0 Å². The van der Waals surface area contributed by atoms with E-state index in [1.54, 1.807) is 0 Å². The van der Waals surface area contributed by atoms with Gasteiger partial charge >= 0.3 is 0 Å². The predicted octanol–water partition coefficient (Wildman–Crippen LogP) is 1.32. The van der Waals surface area contributed by atoms with Crippen LogP contribution in [-0.4, -0.2) is 23.3 Å². The lowest BCUT2D eigenvalue weighted by Gasteiger charge is -2.29. The van der Waals surface area contributed by atoms with Gasteiger partial charge in [0.1, 0.15) is 6.17 Å². The molecule has 0 spiro atoms. The summed E-state index contributed by atoms with van der Waals surface area (Å²) in [5.41, 5.74) is 7.06. The fourth-order valence-corrected chi connectivity index (χ4v) is 1.35. The normalized spacial score (nSPS) is 22.8. The summed E-state index contributed by atoms with van der Waals surface area (Å²) in [5.74, 6) is 0. The van der Waals surface area contributed by atoms with E-state index >= 15 is 0 Å². The van der Waals surface area contributed by atoms with Crippen LogP contribution >= 0.6 is 0 Å². The van der Waals surface area contributed by atoms with Crippen LogP contribution in [0.15, 0.2) is 17.4 Å². The van der Waals surface area contributed by atoms with E-state index in [9.17, 15) is 0 Å². The smallest absolute Gasteiger partial charge is 0.116 e. The van der Waals surface area contributed by atoms with E-state index in [0.717, 1.165) is 25.1 Å². The zero-order chi connectivity index (χ0) is 8.97. The number of hydrogen-bond acceptors (Lipinski definition) is 3. The van der Waals surface area contributed by atoms with Crippen LogP contribution in [0.5, 0.6) is 0 Å². The molecule has 0 aromatic rings. The molecule has 2 N–H and O–H groups in total. The van der Waals surface area contributed by atoms with E-state index in [1.807, 2.05) is 12.4 Å². The van der Waals surface area contributed by atoms with Crippen molar-refractivity contribution in [1.82, 2.24) is 4.90 Å². The van der Waals surface area contributed by atoms with Gasteiger partial charge in [-0.2, -0.15) is 0 Å². The van der Waals surface area contributed by atoms with Crippen LogP contribution in [-0.2, 0) is 0 Å². The fourth-order valence-electron chi connectivity index (χ4n) is 1.35. The van der Waals surface area contributed by atoms with Gasteiger partial charge in [-0.3, -0.25) is 4.99 Å². The predicted molar refractivity (Wildman–Crippen MR) is 51.8 cm³/mol. The van der Waals surface area contributed by atoms with Crippen molar-refractivity contribution in [3.05, 3.63) is 12.4 Å². The van der Waals surface area contributed by atoms with Crippen LogP contribution in [0.4, 0.5) is 0 Å². The number of rotatable bonds is 3. The first kappa shape index (κ1) is 9.26. The molecule has 0 radical (unpaired) electrons. The number of nitrogens with zero attached hydrogens (tertiary/aromatic N) is 2. The Bertz CT molecular complexity index is 196. The third-order valence-electron chi connectivity index (χ3n) is 2.07. The summed E-state index contributed by atoms with van der Waals surface area (Å²) in [4.78, 5) is 6.36. The molecule has 0 amide bonds. The van der Waals surface area contributed by atoms with Gasteiger partial charge in [0.15, 0.2) is 0 Å².